The van der Waals surface area contributed by atoms with E-state index in [1.54, 1.807) is 11.2 Å². The van der Waals surface area contributed by atoms with Gasteiger partial charge in [0.15, 0.2) is 0 Å². The largest absolute Gasteiger partial charge is 0.467 e. The Morgan fingerprint density at radius 2 is 2.36 bits per heavy atom. The lowest BCUT2D eigenvalue weighted by Gasteiger charge is -2.19. The van der Waals surface area contributed by atoms with Gasteiger partial charge in [-0.3, -0.25) is 0 Å². The second-order valence-electron chi connectivity index (χ2n) is 2.93. The summed E-state index contributed by atoms with van der Waals surface area (Å²) < 4.78 is 5.17. The van der Waals surface area contributed by atoms with Crippen LogP contribution in [0.5, 0.6) is 0 Å². The number of hydrogen-bond donors (Lipinski definition) is 1. The summed E-state index contributed by atoms with van der Waals surface area (Å²) >= 11 is 0. The SMILES string of the molecule is CCNC(=O)N(CC)Cc1ccco1. The zero-order valence-electron chi connectivity index (χ0n) is 8.62. The highest BCUT2D eigenvalue weighted by atomic mass is 16.3. The van der Waals surface area contributed by atoms with E-state index in [0.717, 1.165) is 5.76 Å². The molecule has 0 aliphatic rings. The fourth-order valence-electron chi connectivity index (χ4n) is 1.18. The number of nitrogens with one attached hydrogen (secondary N) is 1. The van der Waals surface area contributed by atoms with E-state index in [9.17, 15) is 4.79 Å². The van der Waals surface area contributed by atoms with E-state index in [4.69, 9.17) is 4.42 Å². The van der Waals surface area contributed by atoms with E-state index in [0.29, 0.717) is 19.6 Å². The molecule has 0 unspecified atom stereocenters. The van der Waals surface area contributed by atoms with Crippen molar-refractivity contribution >= 4 is 6.03 Å². The van der Waals surface area contributed by atoms with Crippen molar-refractivity contribution in [3.63, 3.8) is 0 Å². The molecule has 14 heavy (non-hydrogen) atoms. The molecule has 0 atom stereocenters. The molecule has 0 saturated carbocycles. The van der Waals surface area contributed by atoms with Gasteiger partial charge in [0, 0.05) is 13.1 Å². The first kappa shape index (κ1) is 10.6. The first-order valence-electron chi connectivity index (χ1n) is 4.83. The maximum atomic E-state index is 11.5. The fraction of sp³-hybridized carbons (Fsp3) is 0.500. The first-order valence-corrected chi connectivity index (χ1v) is 4.83. The Labute approximate surface area is 83.9 Å². The quantitative estimate of drug-likeness (QED) is 0.798. The molecule has 1 N–H and O–H groups in total. The molecule has 2 amide bonds. The summed E-state index contributed by atoms with van der Waals surface area (Å²) in [6.07, 6.45) is 1.61. The number of urea groups is 1. The average Bonchev–Trinajstić information content (AvgIpc) is 2.66. The Bertz CT molecular complexity index is 270. The standard InChI is InChI=1S/C10H16N2O2/c1-3-11-10(13)12(4-2)8-9-6-5-7-14-9/h5-7H,3-4,8H2,1-2H3,(H,11,13). The van der Waals surface area contributed by atoms with Gasteiger partial charge in [0.1, 0.15) is 5.76 Å². The van der Waals surface area contributed by atoms with Gasteiger partial charge in [0.05, 0.1) is 12.8 Å². The molecule has 1 aromatic rings. The molecule has 4 nitrogen and oxygen atoms in total. The second kappa shape index (κ2) is 5.32. The Balaban J connectivity index is 2.50. The maximum absolute atomic E-state index is 11.5. The van der Waals surface area contributed by atoms with Crippen molar-refractivity contribution in [2.45, 2.75) is 20.4 Å². The van der Waals surface area contributed by atoms with Crippen LogP contribution in [0.15, 0.2) is 22.8 Å². The van der Waals surface area contributed by atoms with Gasteiger partial charge < -0.3 is 14.6 Å². The molecule has 0 aliphatic heterocycles. The van der Waals surface area contributed by atoms with E-state index in [-0.39, 0.29) is 6.03 Å². The van der Waals surface area contributed by atoms with Crippen LogP contribution < -0.4 is 5.32 Å². The number of hydrogen-bond acceptors (Lipinski definition) is 2. The molecular weight excluding hydrogens is 180 g/mol. The Morgan fingerprint density at radius 3 is 2.86 bits per heavy atom. The third-order valence-corrected chi connectivity index (χ3v) is 1.92. The van der Waals surface area contributed by atoms with Gasteiger partial charge in [0.25, 0.3) is 0 Å². The molecule has 0 bridgehead atoms. The monoisotopic (exact) mass is 196 g/mol. The maximum Gasteiger partial charge on any atom is 0.317 e. The smallest absolute Gasteiger partial charge is 0.317 e. The van der Waals surface area contributed by atoms with Gasteiger partial charge in [-0.25, -0.2) is 4.79 Å². The van der Waals surface area contributed by atoms with Gasteiger partial charge in [-0.05, 0) is 26.0 Å². The van der Waals surface area contributed by atoms with E-state index in [2.05, 4.69) is 5.32 Å². The molecule has 1 heterocycles. The molecule has 0 aromatic carbocycles. The molecule has 0 aliphatic carbocycles. The van der Waals surface area contributed by atoms with E-state index in [1.165, 1.54) is 0 Å². The average molecular weight is 196 g/mol. The van der Waals surface area contributed by atoms with Crippen molar-refractivity contribution in [2.24, 2.45) is 0 Å². The summed E-state index contributed by atoms with van der Waals surface area (Å²) in [5, 5.41) is 2.75. The molecule has 0 fully saturated rings. The summed E-state index contributed by atoms with van der Waals surface area (Å²) in [6, 6.07) is 3.63. The van der Waals surface area contributed by atoms with Crippen LogP contribution in [0.4, 0.5) is 4.79 Å². The minimum Gasteiger partial charge on any atom is -0.467 e. The molecule has 0 spiro atoms. The van der Waals surface area contributed by atoms with Gasteiger partial charge >= 0.3 is 6.03 Å². The van der Waals surface area contributed by atoms with Crippen LogP contribution in [0.2, 0.25) is 0 Å². The van der Waals surface area contributed by atoms with Crippen LogP contribution in [0.3, 0.4) is 0 Å². The lowest BCUT2D eigenvalue weighted by atomic mass is 10.4. The predicted molar refractivity (Wildman–Crippen MR) is 53.9 cm³/mol. The molecule has 78 valence electrons. The highest BCUT2D eigenvalue weighted by Gasteiger charge is 2.11. The van der Waals surface area contributed by atoms with Gasteiger partial charge in [0.2, 0.25) is 0 Å². The van der Waals surface area contributed by atoms with Crippen molar-refractivity contribution in [1.82, 2.24) is 10.2 Å². The van der Waals surface area contributed by atoms with Crippen molar-refractivity contribution in [1.29, 1.82) is 0 Å². The lowest BCUT2D eigenvalue weighted by Crippen LogP contribution is -2.39. The third kappa shape index (κ3) is 2.80. The van der Waals surface area contributed by atoms with Gasteiger partial charge in [-0.15, -0.1) is 0 Å². The predicted octanol–water partition coefficient (Wildman–Crippen LogP) is 1.83. The number of carbonyl (C=O) groups is 1. The highest BCUT2D eigenvalue weighted by molar-refractivity contribution is 5.73. The number of nitrogens with zero attached hydrogens (tertiary/aromatic N) is 1. The zero-order valence-corrected chi connectivity index (χ0v) is 8.62. The highest BCUT2D eigenvalue weighted by Crippen LogP contribution is 2.04. The lowest BCUT2D eigenvalue weighted by molar-refractivity contribution is 0.194. The summed E-state index contributed by atoms with van der Waals surface area (Å²) in [7, 11) is 0. The first-order chi connectivity index (χ1) is 6.77. The summed E-state index contributed by atoms with van der Waals surface area (Å²) in [6.45, 7) is 5.69. The third-order valence-electron chi connectivity index (χ3n) is 1.92. The molecule has 0 radical (unpaired) electrons. The Kier molecular flexibility index (Phi) is 4.04. The van der Waals surface area contributed by atoms with Crippen molar-refractivity contribution in [2.75, 3.05) is 13.1 Å². The fourth-order valence-corrected chi connectivity index (χ4v) is 1.18. The summed E-state index contributed by atoms with van der Waals surface area (Å²) in [5.74, 6) is 0.804. The molecule has 0 saturated heterocycles. The topological polar surface area (TPSA) is 45.5 Å². The van der Waals surface area contributed by atoms with Crippen molar-refractivity contribution < 1.29 is 9.21 Å². The minimum atomic E-state index is -0.0496. The van der Waals surface area contributed by atoms with Crippen molar-refractivity contribution in [3.05, 3.63) is 24.2 Å². The number of carbonyl (C=O) groups excluding carboxylic acids is 1. The normalized spacial score (nSPS) is 9.86. The molecule has 1 rings (SSSR count). The van der Waals surface area contributed by atoms with Crippen molar-refractivity contribution in [3.8, 4) is 0 Å². The molecule has 1 aromatic heterocycles. The van der Waals surface area contributed by atoms with Crippen LogP contribution >= 0.6 is 0 Å². The second-order valence-corrected chi connectivity index (χ2v) is 2.93. The van der Waals surface area contributed by atoms with E-state index in [1.807, 2.05) is 26.0 Å². The number of furan rings is 1. The zero-order chi connectivity index (χ0) is 10.4. The van der Waals surface area contributed by atoms with Crippen LogP contribution in [0, 0.1) is 0 Å². The van der Waals surface area contributed by atoms with Crippen LogP contribution in [0.25, 0.3) is 0 Å². The van der Waals surface area contributed by atoms with Gasteiger partial charge in [-0.1, -0.05) is 0 Å². The van der Waals surface area contributed by atoms with Gasteiger partial charge in [-0.2, -0.15) is 0 Å². The van der Waals surface area contributed by atoms with Crippen LogP contribution in [-0.4, -0.2) is 24.0 Å². The summed E-state index contributed by atoms with van der Waals surface area (Å²) in [4.78, 5) is 13.2. The van der Waals surface area contributed by atoms with E-state index < -0.39 is 0 Å². The molecular formula is C10H16N2O2. The Hall–Kier alpha value is -1.45. The summed E-state index contributed by atoms with van der Waals surface area (Å²) in [5.41, 5.74) is 0. The molecule has 4 heteroatoms. The van der Waals surface area contributed by atoms with Crippen LogP contribution in [0.1, 0.15) is 19.6 Å². The minimum absolute atomic E-state index is 0.0496. The number of amides is 2. The Morgan fingerprint density at radius 1 is 1.57 bits per heavy atom. The van der Waals surface area contributed by atoms with Crippen LogP contribution in [-0.2, 0) is 6.54 Å². The van der Waals surface area contributed by atoms with E-state index >= 15 is 0 Å². The number of rotatable bonds is 4.